The van der Waals surface area contributed by atoms with Gasteiger partial charge in [0.1, 0.15) is 0 Å². The number of nitrogens with one attached hydrogen (secondary N) is 1. The number of allylic oxidation sites excluding steroid dienone is 1. The topological polar surface area (TPSA) is 32.3 Å². The van der Waals surface area contributed by atoms with Gasteiger partial charge in [0.2, 0.25) is 5.91 Å². The third-order valence-corrected chi connectivity index (χ3v) is 2.38. The average Bonchev–Trinajstić information content (AvgIpc) is 2.15. The Bertz CT molecular complexity index is 191. The van der Waals surface area contributed by atoms with Gasteiger partial charge in [-0.25, -0.2) is 0 Å². The summed E-state index contributed by atoms with van der Waals surface area (Å²) in [4.78, 5) is 13.6. The Hall–Kier alpha value is -0.830. The first-order valence-corrected chi connectivity index (χ1v) is 4.86. The molecule has 0 aliphatic carbocycles. The van der Waals surface area contributed by atoms with Gasteiger partial charge < -0.3 is 10.2 Å². The second-order valence-corrected chi connectivity index (χ2v) is 3.47. The zero-order valence-electron chi connectivity index (χ0n) is 8.25. The third kappa shape index (κ3) is 2.84. The van der Waals surface area contributed by atoms with Crippen molar-refractivity contribution < 1.29 is 4.79 Å². The van der Waals surface area contributed by atoms with Gasteiger partial charge in [-0.05, 0) is 13.3 Å². The fourth-order valence-corrected chi connectivity index (χ4v) is 1.58. The maximum Gasteiger partial charge on any atom is 0.223 e. The minimum absolute atomic E-state index is 0.258. The molecule has 1 rings (SSSR count). The number of rotatable bonds is 3. The Kier molecular flexibility index (Phi) is 3.96. The molecule has 0 spiro atoms. The average molecular weight is 182 g/mol. The summed E-state index contributed by atoms with van der Waals surface area (Å²) in [7, 11) is 0. The highest BCUT2D eigenvalue weighted by Gasteiger charge is 2.21. The number of hydrogen-bond acceptors (Lipinski definition) is 2. The van der Waals surface area contributed by atoms with E-state index in [-0.39, 0.29) is 5.91 Å². The zero-order valence-corrected chi connectivity index (χ0v) is 8.25. The van der Waals surface area contributed by atoms with E-state index in [2.05, 4.69) is 18.8 Å². The highest BCUT2D eigenvalue weighted by Crippen LogP contribution is 2.06. The van der Waals surface area contributed by atoms with Crippen LogP contribution in [0.4, 0.5) is 0 Å². The van der Waals surface area contributed by atoms with Crippen LogP contribution in [0.15, 0.2) is 12.7 Å². The maximum absolute atomic E-state index is 11.6. The van der Waals surface area contributed by atoms with E-state index >= 15 is 0 Å². The first-order valence-electron chi connectivity index (χ1n) is 4.86. The molecule has 1 unspecified atom stereocenters. The Labute approximate surface area is 79.8 Å². The van der Waals surface area contributed by atoms with Gasteiger partial charge in [-0.3, -0.25) is 4.79 Å². The molecule has 1 atom stereocenters. The second-order valence-electron chi connectivity index (χ2n) is 3.47. The Balaban J connectivity index is 2.39. The molecule has 0 aromatic rings. The van der Waals surface area contributed by atoms with Crippen LogP contribution < -0.4 is 5.32 Å². The van der Waals surface area contributed by atoms with Gasteiger partial charge >= 0.3 is 0 Å². The van der Waals surface area contributed by atoms with Gasteiger partial charge in [0.15, 0.2) is 0 Å². The van der Waals surface area contributed by atoms with Gasteiger partial charge in [0, 0.05) is 32.1 Å². The SMILES string of the molecule is C=CCCC(=O)N1CCNCC1C. The van der Waals surface area contributed by atoms with Crippen molar-refractivity contribution in [3.05, 3.63) is 12.7 Å². The van der Waals surface area contributed by atoms with Gasteiger partial charge in [0.25, 0.3) is 0 Å². The molecule has 1 amide bonds. The summed E-state index contributed by atoms with van der Waals surface area (Å²) in [5, 5.41) is 3.26. The largest absolute Gasteiger partial charge is 0.337 e. The van der Waals surface area contributed by atoms with Crippen molar-refractivity contribution in [1.29, 1.82) is 0 Å². The fourth-order valence-electron chi connectivity index (χ4n) is 1.58. The fraction of sp³-hybridized carbons (Fsp3) is 0.700. The van der Waals surface area contributed by atoms with Crippen molar-refractivity contribution in [2.24, 2.45) is 0 Å². The first-order chi connectivity index (χ1) is 6.25. The third-order valence-electron chi connectivity index (χ3n) is 2.38. The van der Waals surface area contributed by atoms with Crippen LogP contribution in [0.25, 0.3) is 0 Å². The molecular formula is C10H18N2O. The number of carbonyl (C=O) groups excluding carboxylic acids is 1. The summed E-state index contributed by atoms with van der Waals surface area (Å²) in [6.07, 6.45) is 3.19. The Morgan fingerprint density at radius 1 is 1.77 bits per heavy atom. The normalized spacial score (nSPS) is 22.8. The summed E-state index contributed by atoms with van der Waals surface area (Å²) in [6.45, 7) is 8.38. The van der Waals surface area contributed by atoms with Crippen LogP contribution >= 0.6 is 0 Å². The standard InChI is InChI=1S/C10H18N2O/c1-3-4-5-10(13)12-7-6-11-8-9(12)2/h3,9,11H,1,4-8H2,2H3. The van der Waals surface area contributed by atoms with Crippen molar-refractivity contribution in [3.8, 4) is 0 Å². The van der Waals surface area contributed by atoms with Gasteiger partial charge in [-0.15, -0.1) is 6.58 Å². The van der Waals surface area contributed by atoms with E-state index in [9.17, 15) is 4.79 Å². The van der Waals surface area contributed by atoms with Gasteiger partial charge in [-0.1, -0.05) is 6.08 Å². The van der Waals surface area contributed by atoms with Crippen LogP contribution in [0.2, 0.25) is 0 Å². The van der Waals surface area contributed by atoms with E-state index in [1.165, 1.54) is 0 Å². The van der Waals surface area contributed by atoms with Crippen molar-refractivity contribution >= 4 is 5.91 Å². The van der Waals surface area contributed by atoms with Crippen LogP contribution in [0.5, 0.6) is 0 Å². The van der Waals surface area contributed by atoms with Crippen LogP contribution in [0.3, 0.4) is 0 Å². The zero-order chi connectivity index (χ0) is 9.68. The molecule has 0 bridgehead atoms. The number of piperazine rings is 1. The lowest BCUT2D eigenvalue weighted by Crippen LogP contribution is -2.52. The summed E-state index contributed by atoms with van der Waals surface area (Å²) in [6, 6.07) is 0.339. The number of amides is 1. The predicted molar refractivity (Wildman–Crippen MR) is 53.5 cm³/mol. The molecule has 1 fully saturated rings. The Morgan fingerprint density at radius 3 is 3.15 bits per heavy atom. The second kappa shape index (κ2) is 5.02. The lowest BCUT2D eigenvalue weighted by molar-refractivity contribution is -0.133. The molecule has 0 aromatic carbocycles. The molecule has 1 N–H and O–H groups in total. The lowest BCUT2D eigenvalue weighted by Gasteiger charge is -2.34. The Morgan fingerprint density at radius 2 is 2.54 bits per heavy atom. The molecule has 3 nitrogen and oxygen atoms in total. The molecular weight excluding hydrogens is 164 g/mol. The minimum atomic E-state index is 0.258. The van der Waals surface area contributed by atoms with Crippen LogP contribution in [0.1, 0.15) is 19.8 Å². The van der Waals surface area contributed by atoms with Gasteiger partial charge in [0.05, 0.1) is 0 Å². The number of nitrogens with zero attached hydrogens (tertiary/aromatic N) is 1. The van der Waals surface area contributed by atoms with Crippen LogP contribution in [-0.4, -0.2) is 36.5 Å². The van der Waals surface area contributed by atoms with E-state index in [0.717, 1.165) is 26.1 Å². The van der Waals surface area contributed by atoms with Crippen molar-refractivity contribution in [2.45, 2.75) is 25.8 Å². The quantitative estimate of drug-likeness (QED) is 0.654. The summed E-state index contributed by atoms with van der Waals surface area (Å²) >= 11 is 0. The summed E-state index contributed by atoms with van der Waals surface area (Å²) in [5.74, 6) is 0.258. The molecule has 1 saturated heterocycles. The molecule has 1 heterocycles. The summed E-state index contributed by atoms with van der Waals surface area (Å²) < 4.78 is 0. The number of hydrogen-bond donors (Lipinski definition) is 1. The van der Waals surface area contributed by atoms with Crippen LogP contribution in [0, 0.1) is 0 Å². The molecule has 74 valence electrons. The highest BCUT2D eigenvalue weighted by molar-refractivity contribution is 5.76. The lowest BCUT2D eigenvalue weighted by atomic mass is 10.2. The minimum Gasteiger partial charge on any atom is -0.337 e. The van der Waals surface area contributed by atoms with E-state index in [1.807, 2.05) is 4.90 Å². The maximum atomic E-state index is 11.6. The van der Waals surface area contributed by atoms with E-state index in [4.69, 9.17) is 0 Å². The molecule has 0 aromatic heterocycles. The molecule has 0 radical (unpaired) electrons. The van der Waals surface area contributed by atoms with E-state index in [1.54, 1.807) is 6.08 Å². The monoisotopic (exact) mass is 182 g/mol. The molecule has 1 aliphatic rings. The van der Waals surface area contributed by atoms with Gasteiger partial charge in [-0.2, -0.15) is 0 Å². The van der Waals surface area contributed by atoms with Crippen molar-refractivity contribution in [3.63, 3.8) is 0 Å². The molecule has 1 aliphatic heterocycles. The smallest absolute Gasteiger partial charge is 0.223 e. The number of carbonyl (C=O) groups is 1. The van der Waals surface area contributed by atoms with E-state index < -0.39 is 0 Å². The van der Waals surface area contributed by atoms with E-state index in [0.29, 0.717) is 12.5 Å². The summed E-state index contributed by atoms with van der Waals surface area (Å²) in [5.41, 5.74) is 0. The molecule has 3 heteroatoms. The van der Waals surface area contributed by atoms with Crippen molar-refractivity contribution in [2.75, 3.05) is 19.6 Å². The first kappa shape index (κ1) is 10.3. The highest BCUT2D eigenvalue weighted by atomic mass is 16.2. The molecule has 0 saturated carbocycles. The van der Waals surface area contributed by atoms with Crippen molar-refractivity contribution in [1.82, 2.24) is 10.2 Å². The molecule has 13 heavy (non-hydrogen) atoms. The predicted octanol–water partition coefficient (Wildman–Crippen LogP) is 0.773. The van der Waals surface area contributed by atoms with Crippen LogP contribution in [-0.2, 0) is 4.79 Å².